The van der Waals surface area contributed by atoms with Crippen LogP contribution < -0.4 is 5.73 Å². The molecule has 0 saturated heterocycles. The predicted molar refractivity (Wildman–Crippen MR) is 77.1 cm³/mol. The molecule has 1 nitrogen and oxygen atoms in total. The molecule has 0 saturated carbocycles. The molecule has 0 aromatic heterocycles. The minimum Gasteiger partial charge on any atom is -0.328 e. The molecule has 0 amide bonds. The van der Waals surface area contributed by atoms with Gasteiger partial charge in [0.1, 0.15) is 0 Å². The smallest absolute Gasteiger partial charge is 0.0178 e. The van der Waals surface area contributed by atoms with Gasteiger partial charge in [0.05, 0.1) is 0 Å². The van der Waals surface area contributed by atoms with Gasteiger partial charge in [-0.05, 0) is 43.0 Å². The Bertz CT molecular complexity index is 337. The number of halogens is 1. The lowest BCUT2D eigenvalue weighted by atomic mass is 10.1. The predicted octanol–water partition coefficient (Wildman–Crippen LogP) is 4.09. The van der Waals surface area contributed by atoms with E-state index in [2.05, 4.69) is 54.9 Å². The van der Waals surface area contributed by atoms with Crippen molar-refractivity contribution in [2.75, 3.05) is 5.75 Å². The number of thioether (sulfide) groups is 1. The number of benzene rings is 1. The van der Waals surface area contributed by atoms with E-state index in [4.69, 9.17) is 5.73 Å². The third-order valence-corrected chi connectivity index (χ3v) is 4.17. The maximum Gasteiger partial charge on any atom is 0.0178 e. The van der Waals surface area contributed by atoms with Gasteiger partial charge >= 0.3 is 0 Å². The van der Waals surface area contributed by atoms with E-state index in [1.165, 1.54) is 10.5 Å². The van der Waals surface area contributed by atoms with Crippen LogP contribution in [0.25, 0.3) is 0 Å². The molecule has 0 aliphatic heterocycles. The van der Waals surface area contributed by atoms with E-state index < -0.39 is 0 Å². The monoisotopic (exact) mass is 301 g/mol. The fourth-order valence-corrected chi connectivity index (χ4v) is 2.86. The van der Waals surface area contributed by atoms with E-state index in [0.29, 0.717) is 0 Å². The summed E-state index contributed by atoms with van der Waals surface area (Å²) < 4.78 is 1.14. The molecule has 16 heavy (non-hydrogen) atoms. The second kappa shape index (κ2) is 6.67. The van der Waals surface area contributed by atoms with Crippen molar-refractivity contribution in [3.8, 4) is 0 Å². The van der Waals surface area contributed by atoms with E-state index in [-0.39, 0.29) is 6.04 Å². The van der Waals surface area contributed by atoms with Gasteiger partial charge in [-0.3, -0.25) is 0 Å². The highest BCUT2D eigenvalue weighted by atomic mass is 79.9. The van der Waals surface area contributed by atoms with Crippen LogP contribution in [0.3, 0.4) is 0 Å². The maximum atomic E-state index is 5.87. The minimum atomic E-state index is 0.215. The van der Waals surface area contributed by atoms with Gasteiger partial charge in [0, 0.05) is 21.2 Å². The van der Waals surface area contributed by atoms with E-state index in [9.17, 15) is 0 Å². The zero-order chi connectivity index (χ0) is 12.1. The van der Waals surface area contributed by atoms with Gasteiger partial charge in [-0.1, -0.05) is 29.8 Å². The molecule has 0 aliphatic rings. The zero-order valence-electron chi connectivity index (χ0n) is 10.2. The van der Waals surface area contributed by atoms with Crippen molar-refractivity contribution in [2.45, 2.75) is 38.1 Å². The van der Waals surface area contributed by atoms with Crippen LogP contribution in [0.1, 0.15) is 26.3 Å². The Labute approximate surface area is 111 Å². The molecule has 0 aliphatic carbocycles. The molecule has 2 N–H and O–H groups in total. The first-order chi connectivity index (χ1) is 7.49. The number of rotatable bonds is 5. The highest BCUT2D eigenvalue weighted by Gasteiger charge is 2.07. The summed E-state index contributed by atoms with van der Waals surface area (Å²) in [6.45, 7) is 6.55. The first kappa shape index (κ1) is 14.1. The van der Waals surface area contributed by atoms with Crippen molar-refractivity contribution in [3.63, 3.8) is 0 Å². The molecule has 0 spiro atoms. The second-order valence-electron chi connectivity index (χ2n) is 4.64. The van der Waals surface area contributed by atoms with E-state index in [1.807, 2.05) is 11.8 Å². The van der Waals surface area contributed by atoms with Crippen LogP contribution in [0.2, 0.25) is 0 Å². The molecular weight excluding hydrogens is 282 g/mol. The van der Waals surface area contributed by atoms with Gasteiger partial charge in [-0.2, -0.15) is 0 Å². The van der Waals surface area contributed by atoms with Crippen molar-refractivity contribution >= 4 is 27.7 Å². The van der Waals surface area contributed by atoms with Crippen LogP contribution in [-0.2, 0) is 6.42 Å². The van der Waals surface area contributed by atoms with Crippen LogP contribution in [-0.4, -0.2) is 11.8 Å². The second-order valence-corrected chi connectivity index (χ2v) is 6.62. The van der Waals surface area contributed by atoms with Crippen molar-refractivity contribution in [3.05, 3.63) is 28.2 Å². The average Bonchev–Trinajstić information content (AvgIpc) is 2.15. The zero-order valence-corrected chi connectivity index (χ0v) is 12.6. The molecule has 1 aromatic rings. The van der Waals surface area contributed by atoms with Gasteiger partial charge in [0.2, 0.25) is 0 Å². The van der Waals surface area contributed by atoms with Gasteiger partial charge in [-0.15, -0.1) is 11.8 Å². The third-order valence-electron chi connectivity index (χ3n) is 2.14. The van der Waals surface area contributed by atoms with Crippen LogP contribution >= 0.6 is 27.7 Å². The summed E-state index contributed by atoms with van der Waals surface area (Å²) in [5.74, 6) is 1.88. The van der Waals surface area contributed by atoms with Crippen molar-refractivity contribution in [2.24, 2.45) is 11.7 Å². The van der Waals surface area contributed by atoms with Crippen LogP contribution in [0.15, 0.2) is 27.6 Å². The summed E-state index contributed by atoms with van der Waals surface area (Å²) in [7, 11) is 0. The normalized spacial score (nSPS) is 13.1. The van der Waals surface area contributed by atoms with E-state index in [0.717, 1.165) is 22.6 Å². The quantitative estimate of drug-likeness (QED) is 0.829. The summed E-state index contributed by atoms with van der Waals surface area (Å²) in [6.07, 6.45) is 0.944. The molecule has 1 unspecified atom stereocenters. The molecule has 0 bridgehead atoms. The lowest BCUT2D eigenvalue weighted by molar-refractivity contribution is 0.727. The molecular formula is C13H20BrNS. The molecule has 3 heteroatoms. The summed E-state index contributed by atoms with van der Waals surface area (Å²) in [5, 5.41) is 0. The molecule has 0 heterocycles. The fraction of sp³-hybridized carbons (Fsp3) is 0.538. The Morgan fingerprint density at radius 3 is 2.56 bits per heavy atom. The Balaban J connectivity index is 2.80. The first-order valence-electron chi connectivity index (χ1n) is 5.66. The number of hydrogen-bond acceptors (Lipinski definition) is 2. The van der Waals surface area contributed by atoms with E-state index >= 15 is 0 Å². The Kier molecular flexibility index (Phi) is 5.87. The molecule has 1 rings (SSSR count). The van der Waals surface area contributed by atoms with Gasteiger partial charge < -0.3 is 5.73 Å². The first-order valence-corrected chi connectivity index (χ1v) is 7.43. The lowest BCUT2D eigenvalue weighted by Gasteiger charge is -2.13. The van der Waals surface area contributed by atoms with Crippen LogP contribution in [0.5, 0.6) is 0 Å². The van der Waals surface area contributed by atoms with Gasteiger partial charge in [-0.25, -0.2) is 0 Å². The van der Waals surface area contributed by atoms with Crippen LogP contribution in [0.4, 0.5) is 0 Å². The summed E-state index contributed by atoms with van der Waals surface area (Å²) in [4.78, 5) is 1.37. The summed E-state index contributed by atoms with van der Waals surface area (Å²) in [6, 6.07) is 6.70. The molecule has 90 valence electrons. The number of nitrogens with two attached hydrogens (primary N) is 1. The van der Waals surface area contributed by atoms with E-state index in [1.54, 1.807) is 0 Å². The van der Waals surface area contributed by atoms with Crippen molar-refractivity contribution < 1.29 is 0 Å². The molecule has 1 atom stereocenters. The van der Waals surface area contributed by atoms with Gasteiger partial charge in [0.15, 0.2) is 0 Å². The summed E-state index contributed by atoms with van der Waals surface area (Å²) >= 11 is 5.45. The Hall–Kier alpha value is 0.01000. The van der Waals surface area contributed by atoms with Crippen molar-refractivity contribution in [1.29, 1.82) is 0 Å². The topological polar surface area (TPSA) is 26.0 Å². The summed E-state index contributed by atoms with van der Waals surface area (Å²) in [5.41, 5.74) is 7.23. The van der Waals surface area contributed by atoms with Crippen LogP contribution in [0, 0.1) is 5.92 Å². The fourth-order valence-electron chi connectivity index (χ4n) is 1.45. The van der Waals surface area contributed by atoms with Crippen molar-refractivity contribution in [1.82, 2.24) is 0 Å². The minimum absolute atomic E-state index is 0.215. The molecule has 1 aromatic carbocycles. The highest BCUT2D eigenvalue weighted by Crippen LogP contribution is 2.28. The van der Waals surface area contributed by atoms with Gasteiger partial charge in [0.25, 0.3) is 0 Å². The SMILES string of the molecule is CC(C)CSc1ccc(Br)cc1CC(C)N. The third kappa shape index (κ3) is 4.89. The average molecular weight is 302 g/mol. The Morgan fingerprint density at radius 2 is 2.00 bits per heavy atom. The molecule has 0 fully saturated rings. The maximum absolute atomic E-state index is 5.87. The standard InChI is InChI=1S/C13H20BrNS/c1-9(2)8-16-13-5-4-12(14)7-11(13)6-10(3)15/h4-5,7,9-10H,6,8,15H2,1-3H3. The Morgan fingerprint density at radius 1 is 1.31 bits per heavy atom. The number of hydrogen-bond donors (Lipinski definition) is 1. The molecule has 0 radical (unpaired) electrons. The largest absolute Gasteiger partial charge is 0.328 e. The lowest BCUT2D eigenvalue weighted by Crippen LogP contribution is -2.18. The highest BCUT2D eigenvalue weighted by molar-refractivity contribution is 9.10.